The SMILES string of the molecule is C=CCO[C@H]1O[C@@H]2COC(c3ccccc3)O[C@H]2[C@H](OC(C)=O)[C@H]1OC(C)=O. The Labute approximate surface area is 163 Å². The summed E-state index contributed by atoms with van der Waals surface area (Å²) in [6, 6.07) is 9.37. The van der Waals surface area contributed by atoms with Crippen molar-refractivity contribution in [3.8, 4) is 0 Å². The lowest BCUT2D eigenvalue weighted by molar-refractivity contribution is -0.361. The van der Waals surface area contributed by atoms with E-state index in [0.29, 0.717) is 0 Å². The highest BCUT2D eigenvalue weighted by atomic mass is 16.8. The molecule has 2 aliphatic heterocycles. The van der Waals surface area contributed by atoms with Gasteiger partial charge in [-0.25, -0.2) is 0 Å². The van der Waals surface area contributed by atoms with Crippen LogP contribution < -0.4 is 0 Å². The van der Waals surface area contributed by atoms with Crippen molar-refractivity contribution in [3.63, 3.8) is 0 Å². The molecule has 0 amide bonds. The van der Waals surface area contributed by atoms with Crippen LogP contribution in [-0.4, -0.2) is 55.9 Å². The molecule has 2 aliphatic rings. The molecule has 6 atom stereocenters. The van der Waals surface area contributed by atoms with Crippen LogP contribution in [0.3, 0.4) is 0 Å². The van der Waals surface area contributed by atoms with Gasteiger partial charge < -0.3 is 28.4 Å². The van der Waals surface area contributed by atoms with E-state index in [0.717, 1.165) is 5.56 Å². The van der Waals surface area contributed by atoms with Crippen LogP contribution in [0.15, 0.2) is 43.0 Å². The summed E-state index contributed by atoms with van der Waals surface area (Å²) in [5.41, 5.74) is 0.816. The van der Waals surface area contributed by atoms with Crippen molar-refractivity contribution < 1.29 is 38.0 Å². The number of carbonyl (C=O) groups excluding carboxylic acids is 2. The third kappa shape index (κ3) is 4.77. The largest absolute Gasteiger partial charge is 0.455 e. The van der Waals surface area contributed by atoms with Crippen molar-refractivity contribution in [1.29, 1.82) is 0 Å². The molecule has 0 aliphatic carbocycles. The van der Waals surface area contributed by atoms with Crippen LogP contribution in [0.4, 0.5) is 0 Å². The molecule has 2 fully saturated rings. The van der Waals surface area contributed by atoms with Crippen molar-refractivity contribution in [1.82, 2.24) is 0 Å². The molecule has 0 N–H and O–H groups in total. The molecule has 8 heteroatoms. The minimum atomic E-state index is -0.989. The molecule has 0 saturated carbocycles. The summed E-state index contributed by atoms with van der Waals surface area (Å²) in [5.74, 6) is -1.08. The van der Waals surface area contributed by atoms with E-state index in [1.165, 1.54) is 13.8 Å². The summed E-state index contributed by atoms with van der Waals surface area (Å²) < 4.78 is 34.2. The van der Waals surface area contributed by atoms with Gasteiger partial charge >= 0.3 is 11.9 Å². The van der Waals surface area contributed by atoms with Crippen molar-refractivity contribution in [2.75, 3.05) is 13.2 Å². The van der Waals surface area contributed by atoms with E-state index in [4.69, 9.17) is 28.4 Å². The van der Waals surface area contributed by atoms with Crippen molar-refractivity contribution in [2.45, 2.75) is 50.8 Å². The first-order valence-corrected chi connectivity index (χ1v) is 9.04. The Morgan fingerprint density at radius 2 is 1.79 bits per heavy atom. The second kappa shape index (κ2) is 9.29. The highest BCUT2D eigenvalue weighted by Crippen LogP contribution is 2.36. The topological polar surface area (TPSA) is 89.5 Å². The van der Waals surface area contributed by atoms with Gasteiger partial charge in [-0.2, -0.15) is 0 Å². The minimum Gasteiger partial charge on any atom is -0.455 e. The third-order valence-electron chi connectivity index (χ3n) is 4.34. The first kappa shape index (κ1) is 20.5. The van der Waals surface area contributed by atoms with E-state index in [-0.39, 0.29) is 13.2 Å². The van der Waals surface area contributed by atoms with E-state index < -0.39 is 48.9 Å². The zero-order valence-corrected chi connectivity index (χ0v) is 15.8. The van der Waals surface area contributed by atoms with Gasteiger partial charge in [-0.15, -0.1) is 6.58 Å². The van der Waals surface area contributed by atoms with Crippen molar-refractivity contribution >= 4 is 11.9 Å². The van der Waals surface area contributed by atoms with Crippen LogP contribution in [0, 0.1) is 0 Å². The molecule has 28 heavy (non-hydrogen) atoms. The number of rotatable bonds is 6. The van der Waals surface area contributed by atoms with Gasteiger partial charge in [0, 0.05) is 19.4 Å². The quantitative estimate of drug-likeness (QED) is 0.536. The zero-order valence-electron chi connectivity index (χ0n) is 15.8. The molecule has 2 heterocycles. The predicted octanol–water partition coefficient (Wildman–Crippen LogP) is 1.89. The van der Waals surface area contributed by atoms with Gasteiger partial charge in [-0.1, -0.05) is 36.4 Å². The van der Waals surface area contributed by atoms with Gasteiger partial charge in [0.25, 0.3) is 0 Å². The summed E-state index contributed by atoms with van der Waals surface area (Å²) in [6.07, 6.45) is -3.23. The van der Waals surface area contributed by atoms with E-state index in [9.17, 15) is 9.59 Å². The van der Waals surface area contributed by atoms with Gasteiger partial charge in [0.2, 0.25) is 0 Å². The average molecular weight is 392 g/mol. The lowest BCUT2D eigenvalue weighted by atomic mass is 9.97. The molecule has 2 saturated heterocycles. The summed E-state index contributed by atoms with van der Waals surface area (Å²) in [5, 5.41) is 0. The Hall–Kier alpha value is -2.26. The van der Waals surface area contributed by atoms with E-state index in [1.807, 2.05) is 30.3 Å². The Kier molecular flexibility index (Phi) is 6.79. The van der Waals surface area contributed by atoms with E-state index >= 15 is 0 Å². The third-order valence-corrected chi connectivity index (χ3v) is 4.34. The number of benzene rings is 1. The maximum Gasteiger partial charge on any atom is 0.303 e. The molecule has 152 valence electrons. The highest BCUT2D eigenvalue weighted by molar-refractivity contribution is 5.67. The molecule has 0 bridgehead atoms. The van der Waals surface area contributed by atoms with Gasteiger partial charge in [0.15, 0.2) is 24.8 Å². The Balaban J connectivity index is 1.86. The standard InChI is InChI=1S/C20H24O8/c1-4-10-23-20-18(26-13(3)22)17(25-12(2)21)16-15(27-20)11-24-19(28-16)14-8-6-5-7-9-14/h4-9,15-20H,1,10-11H2,2-3H3/t15-,16-,17+,18-,19?,20+/m1/s1. The monoisotopic (exact) mass is 392 g/mol. The van der Waals surface area contributed by atoms with Crippen LogP contribution >= 0.6 is 0 Å². The molecular weight excluding hydrogens is 368 g/mol. The van der Waals surface area contributed by atoms with Gasteiger partial charge in [0.1, 0.15) is 12.2 Å². The lowest BCUT2D eigenvalue weighted by Crippen LogP contribution is -2.64. The number of ether oxygens (including phenoxy) is 6. The van der Waals surface area contributed by atoms with Crippen molar-refractivity contribution in [3.05, 3.63) is 48.6 Å². The van der Waals surface area contributed by atoms with Crippen LogP contribution in [0.5, 0.6) is 0 Å². The van der Waals surface area contributed by atoms with Crippen LogP contribution in [-0.2, 0) is 38.0 Å². The van der Waals surface area contributed by atoms with E-state index in [1.54, 1.807) is 6.08 Å². The minimum absolute atomic E-state index is 0.168. The molecule has 3 rings (SSSR count). The lowest BCUT2D eigenvalue weighted by Gasteiger charge is -2.47. The summed E-state index contributed by atoms with van der Waals surface area (Å²) >= 11 is 0. The molecule has 8 nitrogen and oxygen atoms in total. The van der Waals surface area contributed by atoms with E-state index in [2.05, 4.69) is 6.58 Å². The van der Waals surface area contributed by atoms with Crippen LogP contribution in [0.2, 0.25) is 0 Å². The molecule has 1 aromatic rings. The molecule has 0 radical (unpaired) electrons. The normalized spacial score (nSPS) is 32.1. The number of hydrogen-bond donors (Lipinski definition) is 0. The first-order valence-electron chi connectivity index (χ1n) is 9.04. The van der Waals surface area contributed by atoms with Gasteiger partial charge in [-0.3, -0.25) is 9.59 Å². The average Bonchev–Trinajstić information content (AvgIpc) is 2.68. The fourth-order valence-electron chi connectivity index (χ4n) is 3.27. The maximum absolute atomic E-state index is 11.7. The Morgan fingerprint density at radius 1 is 1.11 bits per heavy atom. The van der Waals surface area contributed by atoms with Crippen LogP contribution in [0.25, 0.3) is 0 Å². The maximum atomic E-state index is 11.7. The van der Waals surface area contributed by atoms with Crippen LogP contribution in [0.1, 0.15) is 25.7 Å². The highest BCUT2D eigenvalue weighted by Gasteiger charge is 2.53. The number of fused-ring (bicyclic) bond motifs is 1. The molecule has 1 aromatic carbocycles. The second-order valence-corrected chi connectivity index (χ2v) is 6.49. The first-order chi connectivity index (χ1) is 13.5. The molecule has 1 unspecified atom stereocenters. The number of carbonyl (C=O) groups is 2. The second-order valence-electron chi connectivity index (χ2n) is 6.49. The Bertz CT molecular complexity index is 691. The zero-order chi connectivity index (χ0) is 20.1. The number of esters is 2. The number of hydrogen-bond acceptors (Lipinski definition) is 8. The molecule has 0 aromatic heterocycles. The predicted molar refractivity (Wildman–Crippen MR) is 95.9 cm³/mol. The molecule has 0 spiro atoms. The molecular formula is C20H24O8. The summed E-state index contributed by atoms with van der Waals surface area (Å²) in [7, 11) is 0. The van der Waals surface area contributed by atoms with Gasteiger partial charge in [0.05, 0.1) is 13.2 Å². The van der Waals surface area contributed by atoms with Gasteiger partial charge in [-0.05, 0) is 0 Å². The fraction of sp³-hybridized carbons (Fsp3) is 0.500. The summed E-state index contributed by atoms with van der Waals surface area (Å²) in [6.45, 7) is 6.51. The Morgan fingerprint density at radius 3 is 2.43 bits per heavy atom. The fourth-order valence-corrected chi connectivity index (χ4v) is 3.27. The smallest absolute Gasteiger partial charge is 0.303 e. The summed E-state index contributed by atoms with van der Waals surface area (Å²) in [4.78, 5) is 23.4. The van der Waals surface area contributed by atoms with Crippen molar-refractivity contribution in [2.24, 2.45) is 0 Å².